The van der Waals surface area contributed by atoms with Gasteiger partial charge in [-0.25, -0.2) is 0 Å². The Morgan fingerprint density at radius 3 is 2.50 bits per heavy atom. The molecular weight excluding hydrogens is 492 g/mol. The van der Waals surface area contributed by atoms with Crippen molar-refractivity contribution in [2.75, 3.05) is 6.73 Å². The summed E-state index contributed by atoms with van der Waals surface area (Å²) in [6.07, 6.45) is 1.58. The second-order valence-electron chi connectivity index (χ2n) is 7.49. The molecule has 3 aromatic carbocycles. The average molecular weight is 507 g/mol. The van der Waals surface area contributed by atoms with Crippen LogP contribution in [0, 0.1) is 0 Å². The van der Waals surface area contributed by atoms with E-state index in [0.717, 1.165) is 11.1 Å². The topological polar surface area (TPSA) is 38.8 Å². The van der Waals surface area contributed by atoms with Gasteiger partial charge in [0.25, 0.3) is 0 Å². The van der Waals surface area contributed by atoms with Gasteiger partial charge in [0.1, 0.15) is 18.2 Å². The maximum atomic E-state index is 13.0. The number of ether oxygens (including phenoxy) is 2. The molecule has 0 atom stereocenters. The fraction of sp³-hybridized carbons (Fsp3) is 0.125. The summed E-state index contributed by atoms with van der Waals surface area (Å²) >= 11 is 24.9. The summed E-state index contributed by atoms with van der Waals surface area (Å²) in [5.74, 6) is 1.12. The number of Topliss-reactive ketones (excluding diaryl/α,β-unsaturated/α-hetero) is 1. The zero-order valence-corrected chi connectivity index (χ0v) is 19.5. The summed E-state index contributed by atoms with van der Waals surface area (Å²) in [5, 5.41) is 2.05. The van der Waals surface area contributed by atoms with Gasteiger partial charge in [-0.3, -0.25) is 9.69 Å². The molecule has 0 aromatic heterocycles. The summed E-state index contributed by atoms with van der Waals surface area (Å²) in [6.45, 7) is 1.48. The van der Waals surface area contributed by atoms with Crippen LogP contribution in [0.15, 0.2) is 54.3 Å². The van der Waals surface area contributed by atoms with Crippen molar-refractivity contribution in [1.82, 2.24) is 4.90 Å². The Hall–Kier alpha value is -2.21. The van der Waals surface area contributed by atoms with Crippen LogP contribution in [0.3, 0.4) is 0 Å². The zero-order valence-electron chi connectivity index (χ0n) is 16.5. The number of benzene rings is 3. The molecule has 4 nitrogen and oxygen atoms in total. The molecule has 0 fully saturated rings. The Kier molecular flexibility index (Phi) is 5.82. The molecule has 2 heterocycles. The van der Waals surface area contributed by atoms with Gasteiger partial charge in [-0.05, 0) is 48.0 Å². The van der Waals surface area contributed by atoms with Crippen LogP contribution in [-0.2, 0) is 13.1 Å². The van der Waals surface area contributed by atoms with Gasteiger partial charge >= 0.3 is 0 Å². The maximum absolute atomic E-state index is 13.0. The van der Waals surface area contributed by atoms with Crippen molar-refractivity contribution in [1.29, 1.82) is 0 Å². The van der Waals surface area contributed by atoms with Gasteiger partial charge in [0, 0.05) is 38.7 Å². The third kappa shape index (κ3) is 3.98. The lowest BCUT2D eigenvalue weighted by molar-refractivity contribution is 0.0873. The van der Waals surface area contributed by atoms with E-state index < -0.39 is 0 Å². The van der Waals surface area contributed by atoms with Gasteiger partial charge in [0.15, 0.2) is 5.76 Å². The van der Waals surface area contributed by atoms with E-state index in [4.69, 9.17) is 55.9 Å². The number of hydrogen-bond acceptors (Lipinski definition) is 4. The van der Waals surface area contributed by atoms with Crippen LogP contribution in [0.2, 0.25) is 20.1 Å². The van der Waals surface area contributed by atoms with Crippen LogP contribution < -0.4 is 9.47 Å². The van der Waals surface area contributed by atoms with E-state index in [1.807, 2.05) is 6.07 Å². The summed E-state index contributed by atoms with van der Waals surface area (Å²) < 4.78 is 11.9. The highest BCUT2D eigenvalue weighted by Crippen LogP contribution is 2.43. The number of fused-ring (bicyclic) bond motifs is 3. The lowest BCUT2D eigenvalue weighted by Gasteiger charge is -2.30. The summed E-state index contributed by atoms with van der Waals surface area (Å²) in [6, 6.07) is 14.1. The van der Waals surface area contributed by atoms with Crippen LogP contribution in [0.1, 0.15) is 27.0 Å². The molecule has 162 valence electrons. The van der Waals surface area contributed by atoms with Crippen molar-refractivity contribution >= 4 is 58.3 Å². The normalized spacial score (nSPS) is 16.5. The number of carbonyl (C=O) groups excluding carboxylic acids is 1. The van der Waals surface area contributed by atoms with Crippen LogP contribution in [0.25, 0.3) is 6.08 Å². The maximum Gasteiger partial charge on any atom is 0.231 e. The van der Waals surface area contributed by atoms with Crippen LogP contribution in [-0.4, -0.2) is 17.4 Å². The summed E-state index contributed by atoms with van der Waals surface area (Å²) in [7, 11) is 0. The predicted molar refractivity (Wildman–Crippen MR) is 127 cm³/mol. The fourth-order valence-corrected chi connectivity index (χ4v) is 4.75. The third-order valence-corrected chi connectivity index (χ3v) is 6.61. The number of allylic oxidation sites excluding steroid dienone is 1. The van der Waals surface area contributed by atoms with Gasteiger partial charge < -0.3 is 9.47 Å². The first-order chi connectivity index (χ1) is 15.4. The van der Waals surface area contributed by atoms with Gasteiger partial charge in [-0.15, -0.1) is 0 Å². The molecule has 0 saturated heterocycles. The molecule has 3 aromatic rings. The van der Waals surface area contributed by atoms with Crippen molar-refractivity contribution in [2.24, 2.45) is 0 Å². The first-order valence-electron chi connectivity index (χ1n) is 9.74. The van der Waals surface area contributed by atoms with Crippen LogP contribution >= 0.6 is 46.4 Å². The molecule has 0 saturated carbocycles. The number of carbonyl (C=O) groups is 1. The van der Waals surface area contributed by atoms with Gasteiger partial charge in [-0.1, -0.05) is 58.5 Å². The first kappa shape index (κ1) is 21.6. The number of rotatable bonds is 3. The minimum atomic E-state index is -0.225. The SMILES string of the molecule is O=C1/C(=C/c2c(Cl)cccc2Cl)Oc2c1ccc1c2CN(Cc2ccc(Cl)cc2Cl)CO1. The second-order valence-corrected chi connectivity index (χ2v) is 9.15. The molecule has 0 amide bonds. The molecule has 32 heavy (non-hydrogen) atoms. The van der Waals surface area contributed by atoms with Crippen molar-refractivity contribution in [2.45, 2.75) is 13.1 Å². The molecule has 2 aliphatic rings. The standard InChI is InChI=1S/C24H15Cl4NO3/c25-14-5-4-13(20(28)8-14)10-29-11-17-21(31-12-29)7-6-15-23(30)22(32-24(15)17)9-16-18(26)2-1-3-19(16)27/h1-9H,10-12H2/b22-9-. The Bertz CT molecular complexity index is 1270. The van der Waals surface area contributed by atoms with E-state index in [0.29, 0.717) is 62.5 Å². The van der Waals surface area contributed by atoms with E-state index in [9.17, 15) is 4.79 Å². The molecule has 0 N–H and O–H groups in total. The minimum Gasteiger partial charge on any atom is -0.478 e. The molecular formula is C24H15Cl4NO3. The average Bonchev–Trinajstić information content (AvgIpc) is 3.09. The van der Waals surface area contributed by atoms with E-state index in [1.54, 1.807) is 48.5 Å². The molecule has 0 spiro atoms. The monoisotopic (exact) mass is 505 g/mol. The van der Waals surface area contributed by atoms with Crippen molar-refractivity contribution < 1.29 is 14.3 Å². The van der Waals surface area contributed by atoms with Gasteiger partial charge in [0.2, 0.25) is 5.78 Å². The third-order valence-electron chi connectivity index (χ3n) is 5.37. The lowest BCUT2D eigenvalue weighted by atomic mass is 10.0. The van der Waals surface area contributed by atoms with Crippen molar-refractivity contribution in [3.05, 3.63) is 96.6 Å². The van der Waals surface area contributed by atoms with Gasteiger partial charge in [0.05, 0.1) is 11.1 Å². The van der Waals surface area contributed by atoms with Crippen LogP contribution in [0.5, 0.6) is 11.5 Å². The first-order valence-corrected chi connectivity index (χ1v) is 11.2. The molecule has 0 aliphatic carbocycles. The number of ketones is 1. The smallest absolute Gasteiger partial charge is 0.231 e. The molecule has 2 aliphatic heterocycles. The summed E-state index contributed by atoms with van der Waals surface area (Å²) in [4.78, 5) is 15.1. The minimum absolute atomic E-state index is 0.168. The Morgan fingerprint density at radius 2 is 1.75 bits per heavy atom. The molecule has 8 heteroatoms. The highest BCUT2D eigenvalue weighted by molar-refractivity contribution is 6.37. The number of hydrogen-bond donors (Lipinski definition) is 0. The largest absolute Gasteiger partial charge is 0.478 e. The summed E-state index contributed by atoms with van der Waals surface area (Å²) in [5.41, 5.74) is 2.76. The van der Waals surface area contributed by atoms with E-state index in [2.05, 4.69) is 4.90 Å². The zero-order chi connectivity index (χ0) is 22.4. The van der Waals surface area contributed by atoms with E-state index in [-0.39, 0.29) is 11.5 Å². The number of halogens is 4. The fourth-order valence-electron chi connectivity index (χ4n) is 3.78. The predicted octanol–water partition coefficient (Wildman–Crippen LogP) is 7.27. The lowest BCUT2D eigenvalue weighted by Crippen LogP contribution is -2.31. The highest BCUT2D eigenvalue weighted by atomic mass is 35.5. The molecule has 5 rings (SSSR count). The highest BCUT2D eigenvalue weighted by Gasteiger charge is 2.34. The second kappa shape index (κ2) is 8.62. The Morgan fingerprint density at radius 1 is 0.969 bits per heavy atom. The Labute approximate surface area is 204 Å². The number of nitrogens with zero attached hydrogens (tertiary/aromatic N) is 1. The van der Waals surface area contributed by atoms with E-state index in [1.165, 1.54) is 0 Å². The van der Waals surface area contributed by atoms with E-state index >= 15 is 0 Å². The van der Waals surface area contributed by atoms with Gasteiger partial charge in [-0.2, -0.15) is 0 Å². The molecule has 0 radical (unpaired) electrons. The quantitative estimate of drug-likeness (QED) is 0.350. The van der Waals surface area contributed by atoms with Crippen molar-refractivity contribution in [3.8, 4) is 11.5 Å². The van der Waals surface area contributed by atoms with Crippen LogP contribution in [0.4, 0.5) is 0 Å². The Balaban J connectivity index is 1.45. The molecule has 0 bridgehead atoms. The van der Waals surface area contributed by atoms with Crippen molar-refractivity contribution in [3.63, 3.8) is 0 Å². The molecule has 0 unspecified atom stereocenters.